The highest BCUT2D eigenvalue weighted by Crippen LogP contribution is 2.35. The molecule has 13 nitrogen and oxygen atoms in total. The van der Waals surface area contributed by atoms with Crippen LogP contribution in [0.4, 0.5) is 32.2 Å². The van der Waals surface area contributed by atoms with E-state index < -0.39 is 73.8 Å². The van der Waals surface area contributed by atoms with Crippen molar-refractivity contribution in [3.63, 3.8) is 0 Å². The molecule has 0 radical (unpaired) electrons. The Morgan fingerprint density at radius 2 is 1.80 bits per heavy atom. The van der Waals surface area contributed by atoms with Crippen LogP contribution in [0.2, 0.25) is 0 Å². The fourth-order valence-corrected chi connectivity index (χ4v) is 4.92. The topological polar surface area (TPSA) is 168 Å². The first-order valence-electron chi connectivity index (χ1n) is 12.8. The van der Waals surface area contributed by atoms with Gasteiger partial charge in [-0.15, -0.1) is 0 Å². The second-order valence-electron chi connectivity index (χ2n) is 10.5. The average molecular weight is 631 g/mol. The van der Waals surface area contributed by atoms with Crippen molar-refractivity contribution in [1.82, 2.24) is 34.7 Å². The van der Waals surface area contributed by atoms with Crippen LogP contribution in [0.3, 0.4) is 0 Å². The number of fused-ring (bicyclic) bond motifs is 1. The Morgan fingerprint density at radius 1 is 1.11 bits per heavy atom. The van der Waals surface area contributed by atoms with Crippen molar-refractivity contribution in [2.24, 2.45) is 0 Å². The van der Waals surface area contributed by atoms with Gasteiger partial charge in [0, 0.05) is 18.3 Å². The number of ether oxygens (including phenoxy) is 1. The molecule has 0 aromatic carbocycles. The van der Waals surface area contributed by atoms with E-state index in [4.69, 9.17) is 10.5 Å². The smallest absolute Gasteiger partial charge is 0.426 e. The van der Waals surface area contributed by atoms with Crippen LogP contribution in [-0.4, -0.2) is 115 Å². The lowest BCUT2D eigenvalue weighted by Crippen LogP contribution is -2.58. The molecule has 3 amide bonds. The van der Waals surface area contributed by atoms with E-state index in [0.717, 1.165) is 11.2 Å². The molecule has 44 heavy (non-hydrogen) atoms. The fourth-order valence-electron chi connectivity index (χ4n) is 4.92. The summed E-state index contributed by atoms with van der Waals surface area (Å²) in [6.45, 7) is -2.84. The maximum atomic E-state index is 14.8. The lowest BCUT2D eigenvalue weighted by atomic mass is 10.1. The zero-order valence-electron chi connectivity index (χ0n) is 22.9. The minimum absolute atomic E-state index is 0.00950. The van der Waals surface area contributed by atoms with Crippen LogP contribution in [0.25, 0.3) is 16.8 Å². The minimum Gasteiger partial charge on any atom is -0.480 e. The monoisotopic (exact) mass is 630 g/mol. The summed E-state index contributed by atoms with van der Waals surface area (Å²) in [4.78, 5) is 47.9. The number of nitrogens with zero attached hydrogens (tertiary/aromatic N) is 6. The molecule has 0 spiro atoms. The number of rotatable bonds is 6. The number of likely N-dealkylation sites (tertiary alicyclic amines) is 2. The van der Waals surface area contributed by atoms with Crippen molar-refractivity contribution in [3.05, 3.63) is 35.8 Å². The first-order valence-corrected chi connectivity index (χ1v) is 12.8. The van der Waals surface area contributed by atoms with Crippen molar-refractivity contribution >= 4 is 29.1 Å². The number of carbonyl (C=O) groups is 3. The summed E-state index contributed by atoms with van der Waals surface area (Å²) in [7, 11) is 1.19. The third-order valence-electron chi connectivity index (χ3n) is 7.35. The average Bonchev–Trinajstić information content (AvgIpc) is 3.51. The number of pyridine rings is 1. The molecule has 2 fully saturated rings. The number of aromatic nitrogens is 4. The van der Waals surface area contributed by atoms with Crippen LogP contribution >= 0.6 is 0 Å². The number of halogens is 6. The third-order valence-corrected chi connectivity index (χ3v) is 7.35. The fraction of sp³-hybridized carbons (Fsp3) is 0.440. The second kappa shape index (κ2) is 10.5. The second-order valence-corrected chi connectivity index (χ2v) is 10.5. The molecule has 2 aliphatic heterocycles. The first-order chi connectivity index (χ1) is 20.4. The zero-order valence-corrected chi connectivity index (χ0v) is 22.9. The normalized spacial score (nSPS) is 21.1. The van der Waals surface area contributed by atoms with Gasteiger partial charge in [-0.05, 0) is 19.1 Å². The quantitative estimate of drug-likeness (QED) is 0.338. The lowest BCUT2D eigenvalue weighted by Gasteiger charge is -2.38. The van der Waals surface area contributed by atoms with Gasteiger partial charge in [0.25, 0.3) is 23.6 Å². The van der Waals surface area contributed by atoms with Crippen LogP contribution in [0, 0.1) is 0 Å². The number of nitrogen functional groups attached to an aromatic ring is 1. The standard InChI is InChI=1S/C25H24F6N8O5/c1-23(43,25(29,30)31)22(42)37-6-14(26)15(7-37)36-19(40)13-3-11(5-33-20(13)44-2)16-4-12(17-18(32)34-10-35-39(16)17)21(41)38-8-24(27,28)9-38/h3-5,10,14-15,43H,6-9H2,1-2H3,(H,36,40)(H2,32,34,35)/t14-,15+,23+/m0/s1. The molecule has 2 aliphatic rings. The number of aliphatic hydroxyl groups is 1. The van der Waals surface area contributed by atoms with Crippen molar-refractivity contribution in [2.75, 3.05) is 39.0 Å². The summed E-state index contributed by atoms with van der Waals surface area (Å²) < 4.78 is 87.4. The number of alkyl halides is 6. The number of nitrogens with one attached hydrogen (secondary N) is 1. The Labute approximate surface area is 243 Å². The number of hydrogen-bond donors (Lipinski definition) is 3. The Balaban J connectivity index is 1.44. The van der Waals surface area contributed by atoms with E-state index in [1.54, 1.807) is 0 Å². The molecule has 2 saturated heterocycles. The molecule has 3 aromatic rings. The van der Waals surface area contributed by atoms with Crippen LogP contribution in [0.1, 0.15) is 27.6 Å². The predicted octanol–water partition coefficient (Wildman–Crippen LogP) is 1.07. The van der Waals surface area contributed by atoms with E-state index in [1.807, 2.05) is 0 Å². The maximum Gasteiger partial charge on any atom is 0.426 e. The number of methoxy groups -OCH3 is 1. The molecule has 0 aliphatic carbocycles. The summed E-state index contributed by atoms with van der Waals surface area (Å²) in [6, 6.07) is 1.09. The van der Waals surface area contributed by atoms with Gasteiger partial charge in [-0.1, -0.05) is 0 Å². The number of nitrogens with two attached hydrogens (primary N) is 1. The van der Waals surface area contributed by atoms with Gasteiger partial charge in [-0.3, -0.25) is 14.4 Å². The number of hydrogen-bond acceptors (Lipinski definition) is 9. The maximum absolute atomic E-state index is 14.8. The molecule has 0 bridgehead atoms. The van der Waals surface area contributed by atoms with E-state index in [2.05, 4.69) is 20.4 Å². The highest BCUT2D eigenvalue weighted by atomic mass is 19.4. The summed E-state index contributed by atoms with van der Waals surface area (Å²) in [5, 5.41) is 16.1. The summed E-state index contributed by atoms with van der Waals surface area (Å²) >= 11 is 0. The van der Waals surface area contributed by atoms with Gasteiger partial charge in [-0.25, -0.2) is 27.7 Å². The van der Waals surface area contributed by atoms with E-state index in [-0.39, 0.29) is 46.5 Å². The molecular weight excluding hydrogens is 606 g/mol. The Morgan fingerprint density at radius 3 is 2.41 bits per heavy atom. The van der Waals surface area contributed by atoms with E-state index in [1.165, 1.54) is 30.0 Å². The first kappa shape index (κ1) is 30.8. The van der Waals surface area contributed by atoms with Crippen LogP contribution in [0.15, 0.2) is 24.7 Å². The molecule has 0 unspecified atom stereocenters. The zero-order chi connectivity index (χ0) is 32.4. The highest BCUT2D eigenvalue weighted by molar-refractivity contribution is 6.06. The van der Waals surface area contributed by atoms with E-state index in [0.29, 0.717) is 4.90 Å². The molecule has 236 valence electrons. The van der Waals surface area contributed by atoms with Crippen LogP contribution in [-0.2, 0) is 4.79 Å². The Hall–Kier alpha value is -4.68. The minimum atomic E-state index is -5.32. The SMILES string of the molecule is COc1ncc(-c2cc(C(=O)N3CC(F)(F)C3)c3c(N)ncnn23)cc1C(=O)N[C@@H]1CN(C(=O)[C@@](C)(O)C(F)(F)F)C[C@@H]1F. The van der Waals surface area contributed by atoms with Crippen molar-refractivity contribution in [1.29, 1.82) is 0 Å². The summed E-state index contributed by atoms with van der Waals surface area (Å²) in [5.41, 5.74) is 2.15. The molecular formula is C25H24F6N8O5. The van der Waals surface area contributed by atoms with Crippen LogP contribution in [0.5, 0.6) is 5.88 Å². The Bertz CT molecular complexity index is 1650. The highest BCUT2D eigenvalue weighted by Gasteiger charge is 2.58. The molecule has 0 saturated carbocycles. The molecule has 19 heteroatoms. The van der Waals surface area contributed by atoms with Gasteiger partial charge in [0.1, 0.15) is 23.6 Å². The number of carbonyl (C=O) groups excluding carboxylic acids is 3. The summed E-state index contributed by atoms with van der Waals surface area (Å²) in [5.74, 6) is -6.92. The van der Waals surface area contributed by atoms with Crippen LogP contribution < -0.4 is 15.8 Å². The van der Waals surface area contributed by atoms with E-state index in [9.17, 15) is 45.8 Å². The van der Waals surface area contributed by atoms with Gasteiger partial charge in [0.05, 0.1) is 44.0 Å². The van der Waals surface area contributed by atoms with Gasteiger partial charge >= 0.3 is 6.18 Å². The van der Waals surface area contributed by atoms with Crippen molar-refractivity contribution in [2.45, 2.75) is 36.8 Å². The largest absolute Gasteiger partial charge is 0.480 e. The van der Waals surface area contributed by atoms with Gasteiger partial charge in [-0.2, -0.15) is 18.3 Å². The lowest BCUT2D eigenvalue weighted by molar-refractivity contribution is -0.249. The van der Waals surface area contributed by atoms with Gasteiger partial charge < -0.3 is 30.7 Å². The van der Waals surface area contributed by atoms with Crippen molar-refractivity contribution < 1.29 is 50.6 Å². The molecule has 3 atom stereocenters. The Kier molecular flexibility index (Phi) is 7.34. The molecule has 4 N–H and O–H groups in total. The summed E-state index contributed by atoms with van der Waals surface area (Å²) in [6.07, 6.45) is -4.98. The third kappa shape index (κ3) is 5.20. The molecule has 5 rings (SSSR count). The van der Waals surface area contributed by atoms with Gasteiger partial charge in [0.2, 0.25) is 11.5 Å². The molecule has 3 aromatic heterocycles. The number of anilines is 1. The van der Waals surface area contributed by atoms with Crippen molar-refractivity contribution in [3.8, 4) is 17.1 Å². The predicted molar refractivity (Wildman–Crippen MR) is 137 cm³/mol. The number of amides is 3. The van der Waals surface area contributed by atoms with Gasteiger partial charge in [0.15, 0.2) is 5.82 Å². The molecule has 5 heterocycles. The van der Waals surface area contributed by atoms with E-state index >= 15 is 0 Å².